The van der Waals surface area contributed by atoms with E-state index in [0.717, 1.165) is 12.0 Å². The smallest absolute Gasteiger partial charge is 0.251 e. The van der Waals surface area contributed by atoms with Crippen molar-refractivity contribution in [2.75, 3.05) is 20.2 Å². The van der Waals surface area contributed by atoms with Gasteiger partial charge in [-0.2, -0.15) is 4.31 Å². The Hall–Kier alpha value is -2.09. The summed E-state index contributed by atoms with van der Waals surface area (Å²) in [7, 11) is -2.36. The van der Waals surface area contributed by atoms with Crippen molar-refractivity contribution < 1.29 is 17.9 Å². The van der Waals surface area contributed by atoms with E-state index in [9.17, 15) is 13.2 Å². The minimum absolute atomic E-state index is 0.0155. The zero-order valence-corrected chi connectivity index (χ0v) is 19.0. The number of nitrogens with one attached hydrogen (secondary N) is 1. The fraction of sp³-hybridized carbons (Fsp3) is 0.409. The number of rotatable bonds is 6. The van der Waals surface area contributed by atoms with Crippen molar-refractivity contribution in [1.29, 1.82) is 0 Å². The Morgan fingerprint density at radius 3 is 2.50 bits per heavy atom. The standard InChI is InChI=1S/C22H27ClN2O4S/c1-15-9-16(2)14-25(13-15)30(27,28)21-11-18(7-8-20(21)29-3)22(26)24-12-17-5-4-6-19(23)10-17/h4-8,10-11,15-16H,9,12-14H2,1-3H3,(H,24,26). The maximum Gasteiger partial charge on any atom is 0.251 e. The number of sulfonamides is 1. The van der Waals surface area contributed by atoms with Crippen LogP contribution >= 0.6 is 11.6 Å². The van der Waals surface area contributed by atoms with E-state index < -0.39 is 10.0 Å². The highest BCUT2D eigenvalue weighted by atomic mass is 35.5. The minimum atomic E-state index is -3.79. The third-order valence-electron chi connectivity index (χ3n) is 5.22. The Bertz CT molecular complexity index is 1020. The summed E-state index contributed by atoms with van der Waals surface area (Å²) in [5.41, 5.74) is 1.11. The van der Waals surface area contributed by atoms with Gasteiger partial charge in [0.2, 0.25) is 10.0 Å². The van der Waals surface area contributed by atoms with Crippen LogP contribution in [0.5, 0.6) is 5.75 Å². The van der Waals surface area contributed by atoms with Crippen LogP contribution in [-0.4, -0.2) is 38.8 Å². The molecule has 2 aromatic rings. The van der Waals surface area contributed by atoms with Crippen LogP contribution in [0.15, 0.2) is 47.4 Å². The van der Waals surface area contributed by atoms with Gasteiger partial charge in [-0.1, -0.05) is 37.6 Å². The predicted molar refractivity (Wildman–Crippen MR) is 117 cm³/mol. The molecule has 2 aromatic carbocycles. The molecule has 1 N–H and O–H groups in total. The molecule has 0 bridgehead atoms. The fourth-order valence-corrected chi connectivity index (χ4v) is 5.97. The number of hydrogen-bond donors (Lipinski definition) is 1. The van der Waals surface area contributed by atoms with Crippen LogP contribution in [-0.2, 0) is 16.6 Å². The van der Waals surface area contributed by atoms with E-state index in [-0.39, 0.29) is 40.5 Å². The quantitative estimate of drug-likeness (QED) is 0.723. The molecule has 1 fully saturated rings. The van der Waals surface area contributed by atoms with Gasteiger partial charge in [-0.25, -0.2) is 8.42 Å². The van der Waals surface area contributed by atoms with Crippen molar-refractivity contribution in [3.05, 3.63) is 58.6 Å². The number of amides is 1. The minimum Gasteiger partial charge on any atom is -0.495 e. The molecule has 3 rings (SSSR count). The van der Waals surface area contributed by atoms with E-state index in [1.165, 1.54) is 23.5 Å². The summed E-state index contributed by atoms with van der Waals surface area (Å²) in [6.07, 6.45) is 0.995. The van der Waals surface area contributed by atoms with Crippen LogP contribution in [0.25, 0.3) is 0 Å². The van der Waals surface area contributed by atoms with Crippen molar-refractivity contribution in [2.24, 2.45) is 11.8 Å². The third-order valence-corrected chi connectivity index (χ3v) is 7.31. The van der Waals surface area contributed by atoms with Crippen molar-refractivity contribution in [1.82, 2.24) is 9.62 Å². The van der Waals surface area contributed by atoms with E-state index in [2.05, 4.69) is 19.2 Å². The highest BCUT2D eigenvalue weighted by Gasteiger charge is 2.34. The normalized spacial score (nSPS) is 20.0. The van der Waals surface area contributed by atoms with Crippen LogP contribution in [0.2, 0.25) is 5.02 Å². The number of piperidine rings is 1. The van der Waals surface area contributed by atoms with Gasteiger partial charge in [-0.15, -0.1) is 0 Å². The number of ether oxygens (including phenoxy) is 1. The Balaban J connectivity index is 1.85. The summed E-state index contributed by atoms with van der Waals surface area (Å²) in [6.45, 7) is 5.31. The maximum atomic E-state index is 13.3. The van der Waals surface area contributed by atoms with Crippen molar-refractivity contribution in [3.63, 3.8) is 0 Å². The van der Waals surface area contributed by atoms with E-state index in [4.69, 9.17) is 16.3 Å². The van der Waals surface area contributed by atoms with Crippen LogP contribution in [0.3, 0.4) is 0 Å². The third kappa shape index (κ3) is 5.14. The molecule has 1 saturated heterocycles. The summed E-state index contributed by atoms with van der Waals surface area (Å²) < 4.78 is 33.5. The highest BCUT2D eigenvalue weighted by molar-refractivity contribution is 7.89. The molecule has 2 unspecified atom stereocenters. The van der Waals surface area contributed by atoms with E-state index in [1.807, 2.05) is 12.1 Å². The van der Waals surface area contributed by atoms with Gasteiger partial charge < -0.3 is 10.1 Å². The Morgan fingerprint density at radius 1 is 1.17 bits per heavy atom. The van der Waals surface area contributed by atoms with Gasteiger partial charge >= 0.3 is 0 Å². The second kappa shape index (κ2) is 9.37. The zero-order chi connectivity index (χ0) is 21.9. The molecule has 2 atom stereocenters. The molecule has 0 saturated carbocycles. The molecular formula is C22H27ClN2O4S. The second-order valence-electron chi connectivity index (χ2n) is 7.95. The van der Waals surface area contributed by atoms with Gasteiger partial charge in [0, 0.05) is 30.2 Å². The van der Waals surface area contributed by atoms with Crippen molar-refractivity contribution in [3.8, 4) is 5.75 Å². The highest BCUT2D eigenvalue weighted by Crippen LogP contribution is 2.32. The molecule has 0 aliphatic carbocycles. The summed E-state index contributed by atoms with van der Waals surface area (Å²) in [5.74, 6) is 0.416. The van der Waals surface area contributed by atoms with E-state index in [0.29, 0.717) is 18.1 Å². The lowest BCUT2D eigenvalue weighted by atomic mass is 9.94. The average molecular weight is 451 g/mol. The van der Waals surface area contributed by atoms with Gasteiger partial charge in [0.05, 0.1) is 7.11 Å². The number of hydrogen-bond acceptors (Lipinski definition) is 4. The van der Waals surface area contributed by atoms with Gasteiger partial charge in [0.15, 0.2) is 0 Å². The van der Waals surface area contributed by atoms with E-state index in [1.54, 1.807) is 18.2 Å². The Kier molecular flexibility index (Phi) is 7.06. The number of carbonyl (C=O) groups is 1. The molecule has 162 valence electrons. The first-order valence-corrected chi connectivity index (χ1v) is 11.7. The summed E-state index contributed by atoms with van der Waals surface area (Å²) in [4.78, 5) is 12.7. The summed E-state index contributed by atoms with van der Waals surface area (Å²) in [6, 6.07) is 11.7. The number of halogens is 1. The first-order chi connectivity index (χ1) is 14.2. The molecule has 8 heteroatoms. The lowest BCUT2D eigenvalue weighted by Crippen LogP contribution is -2.42. The lowest BCUT2D eigenvalue weighted by Gasteiger charge is -2.34. The molecule has 1 heterocycles. The summed E-state index contributed by atoms with van der Waals surface area (Å²) >= 11 is 5.98. The average Bonchev–Trinajstić information content (AvgIpc) is 2.71. The predicted octanol–water partition coefficient (Wildman–Crippen LogP) is 3.95. The molecule has 6 nitrogen and oxygen atoms in total. The molecule has 0 radical (unpaired) electrons. The van der Waals surface area contributed by atoms with Crippen LogP contribution in [0, 0.1) is 11.8 Å². The number of methoxy groups -OCH3 is 1. The maximum absolute atomic E-state index is 13.3. The Labute approximate surface area is 183 Å². The topological polar surface area (TPSA) is 75.7 Å². The number of carbonyl (C=O) groups excluding carboxylic acids is 1. The molecular weight excluding hydrogens is 424 g/mol. The fourth-order valence-electron chi connectivity index (χ4n) is 3.89. The number of benzene rings is 2. The second-order valence-corrected chi connectivity index (χ2v) is 10.3. The van der Waals surface area contributed by atoms with Gasteiger partial charge in [-0.05, 0) is 54.2 Å². The van der Waals surface area contributed by atoms with Crippen LogP contribution < -0.4 is 10.1 Å². The zero-order valence-electron chi connectivity index (χ0n) is 17.4. The van der Waals surface area contributed by atoms with Crippen molar-refractivity contribution >= 4 is 27.5 Å². The lowest BCUT2D eigenvalue weighted by molar-refractivity contribution is 0.0950. The van der Waals surface area contributed by atoms with Crippen molar-refractivity contribution in [2.45, 2.75) is 31.7 Å². The molecule has 1 amide bonds. The largest absolute Gasteiger partial charge is 0.495 e. The molecule has 0 aromatic heterocycles. The van der Waals surface area contributed by atoms with Gasteiger partial charge in [0.1, 0.15) is 10.6 Å². The van der Waals surface area contributed by atoms with E-state index >= 15 is 0 Å². The van der Waals surface area contributed by atoms with Crippen LogP contribution in [0.4, 0.5) is 0 Å². The first kappa shape index (κ1) is 22.6. The Morgan fingerprint density at radius 2 is 1.87 bits per heavy atom. The molecule has 0 spiro atoms. The van der Waals surface area contributed by atoms with Gasteiger partial charge in [0.25, 0.3) is 5.91 Å². The summed E-state index contributed by atoms with van der Waals surface area (Å²) in [5, 5.41) is 3.39. The van der Waals surface area contributed by atoms with Crippen LogP contribution in [0.1, 0.15) is 36.2 Å². The monoisotopic (exact) mass is 450 g/mol. The molecule has 1 aliphatic heterocycles. The molecule has 1 aliphatic rings. The SMILES string of the molecule is COc1ccc(C(=O)NCc2cccc(Cl)c2)cc1S(=O)(=O)N1CC(C)CC(C)C1. The first-order valence-electron chi connectivity index (χ1n) is 9.91. The molecule has 30 heavy (non-hydrogen) atoms. The number of nitrogens with zero attached hydrogens (tertiary/aromatic N) is 1. The van der Waals surface area contributed by atoms with Gasteiger partial charge in [-0.3, -0.25) is 4.79 Å².